The summed E-state index contributed by atoms with van der Waals surface area (Å²) in [5, 5.41) is 12.5. The maximum Gasteiger partial charge on any atom is 0.354 e. The van der Waals surface area contributed by atoms with Crippen LogP contribution in [0.15, 0.2) is 87.4 Å². The highest BCUT2D eigenvalue weighted by molar-refractivity contribution is 6.30. The number of rotatable bonds is 11. The molecule has 12 heteroatoms. The van der Waals surface area contributed by atoms with Gasteiger partial charge >= 0.3 is 11.4 Å². The minimum atomic E-state index is -0.794. The lowest BCUT2D eigenvalue weighted by Crippen LogP contribution is -2.42. The molecule has 1 N–H and O–H groups in total. The largest absolute Gasteiger partial charge is 0.488 e. The molecular weight excluding hydrogens is 563 g/mol. The van der Waals surface area contributed by atoms with Crippen molar-refractivity contribution in [2.24, 2.45) is 4.99 Å². The zero-order chi connectivity index (χ0) is 30.1. The number of nitrogens with zero attached hydrogens (tertiary/aromatic N) is 5. The van der Waals surface area contributed by atoms with Crippen molar-refractivity contribution in [3.63, 3.8) is 0 Å². The van der Waals surface area contributed by atoms with Gasteiger partial charge in [0.05, 0.1) is 12.6 Å². The van der Waals surface area contributed by atoms with Crippen molar-refractivity contribution in [2.75, 3.05) is 5.32 Å². The molecule has 0 bridgehead atoms. The van der Waals surface area contributed by atoms with E-state index in [4.69, 9.17) is 26.3 Å². The molecule has 10 nitrogen and oxygen atoms in total. The summed E-state index contributed by atoms with van der Waals surface area (Å²) in [6.45, 7) is 3.62. The number of aromatic nitrogens is 3. The fourth-order valence-corrected chi connectivity index (χ4v) is 4.11. The van der Waals surface area contributed by atoms with Gasteiger partial charge in [0.1, 0.15) is 5.75 Å². The van der Waals surface area contributed by atoms with E-state index < -0.39 is 17.2 Å². The summed E-state index contributed by atoms with van der Waals surface area (Å²) in [6.07, 6.45) is 1.95. The Balaban J connectivity index is 1.61. The lowest BCUT2D eigenvalue weighted by Gasteiger charge is -2.17. The van der Waals surface area contributed by atoms with Crippen LogP contribution in [-0.2, 0) is 13.1 Å². The molecule has 1 heterocycles. The first kappa shape index (κ1) is 30.0. The van der Waals surface area contributed by atoms with E-state index in [9.17, 15) is 14.0 Å². The van der Waals surface area contributed by atoms with E-state index in [2.05, 4.69) is 15.3 Å². The minimum absolute atomic E-state index is 0.00989. The number of ether oxygens (including phenoxy) is 2. The van der Waals surface area contributed by atoms with Crippen LogP contribution in [0.4, 0.5) is 16.0 Å². The first-order valence-corrected chi connectivity index (χ1v) is 13.5. The Bertz CT molecular complexity index is 1710. The number of benzene rings is 3. The van der Waals surface area contributed by atoms with Gasteiger partial charge in [-0.1, -0.05) is 41.9 Å². The molecule has 0 aliphatic heterocycles. The molecule has 0 aliphatic carbocycles. The molecule has 0 saturated heterocycles. The summed E-state index contributed by atoms with van der Waals surface area (Å²) in [4.78, 5) is 34.5. The van der Waals surface area contributed by atoms with Crippen LogP contribution in [0.3, 0.4) is 0 Å². The van der Waals surface area contributed by atoms with Gasteiger partial charge in [0.2, 0.25) is 18.0 Å². The highest BCUT2D eigenvalue weighted by Crippen LogP contribution is 2.24. The highest BCUT2D eigenvalue weighted by Gasteiger charge is 2.16. The average molecular weight is 591 g/mol. The molecule has 0 spiro atoms. The van der Waals surface area contributed by atoms with Gasteiger partial charge in [-0.05, 0) is 62.2 Å². The predicted octanol–water partition coefficient (Wildman–Crippen LogP) is 5.52. The fraction of sp³-hybridized carbons (Fsp3) is 0.233. The van der Waals surface area contributed by atoms with Crippen molar-refractivity contribution in [3.05, 3.63) is 110 Å². The molecule has 3 aromatic carbocycles. The molecule has 1 aromatic heterocycles. The maximum absolute atomic E-state index is 14.6. The van der Waals surface area contributed by atoms with Crippen molar-refractivity contribution in [1.29, 1.82) is 5.26 Å². The Morgan fingerprint density at radius 2 is 1.83 bits per heavy atom. The van der Waals surface area contributed by atoms with Gasteiger partial charge in [-0.15, -0.1) is 4.99 Å². The van der Waals surface area contributed by atoms with E-state index in [1.807, 2.05) is 6.07 Å². The van der Waals surface area contributed by atoms with Crippen molar-refractivity contribution < 1.29 is 13.9 Å². The summed E-state index contributed by atoms with van der Waals surface area (Å²) in [5.74, 6) is 0.0595. The number of nitrogens with one attached hydrogen (secondary N) is 1. The van der Waals surface area contributed by atoms with Crippen LogP contribution in [0.1, 0.15) is 32.3 Å². The molecule has 0 atom stereocenters. The van der Waals surface area contributed by atoms with Crippen molar-refractivity contribution in [3.8, 4) is 17.7 Å². The number of para-hydroxylation sites is 1. The molecule has 0 amide bonds. The molecule has 0 radical (unpaired) electrons. The van der Waals surface area contributed by atoms with E-state index in [0.29, 0.717) is 10.8 Å². The number of hydrogen-bond acceptors (Lipinski definition) is 8. The number of anilines is 2. The Hall–Kier alpha value is -4.95. The van der Waals surface area contributed by atoms with Crippen molar-refractivity contribution in [2.45, 2.75) is 45.9 Å². The lowest BCUT2D eigenvalue weighted by atomic mass is 10.2. The van der Waals surface area contributed by atoms with Gasteiger partial charge in [-0.2, -0.15) is 10.2 Å². The normalized spacial score (nSPS) is 11.3. The molecule has 0 fully saturated rings. The fourth-order valence-electron chi connectivity index (χ4n) is 3.99. The Morgan fingerprint density at radius 3 is 2.50 bits per heavy atom. The Labute approximate surface area is 246 Å². The molecule has 4 aromatic rings. The molecule has 0 aliphatic rings. The number of halogens is 2. The molecule has 4 rings (SSSR count). The third-order valence-corrected chi connectivity index (χ3v) is 6.13. The first-order valence-electron chi connectivity index (χ1n) is 13.1. The number of aliphatic imine (C=N–C) groups is 1. The predicted molar refractivity (Wildman–Crippen MR) is 158 cm³/mol. The summed E-state index contributed by atoms with van der Waals surface area (Å²) < 4.78 is 28.0. The lowest BCUT2D eigenvalue weighted by molar-refractivity contribution is 0.231. The average Bonchev–Trinajstić information content (AvgIpc) is 2.95. The van der Waals surface area contributed by atoms with Crippen LogP contribution >= 0.6 is 11.6 Å². The Kier molecular flexibility index (Phi) is 10.1. The number of hydrogen-bond donors (Lipinski definition) is 1. The zero-order valence-corrected chi connectivity index (χ0v) is 23.7. The van der Waals surface area contributed by atoms with Crippen LogP contribution < -0.4 is 26.2 Å². The maximum atomic E-state index is 14.6. The highest BCUT2D eigenvalue weighted by atomic mass is 35.5. The van der Waals surface area contributed by atoms with Crippen LogP contribution in [0.25, 0.3) is 0 Å². The SMILES string of the molecule is CC(C)Oc1ccc(Nc2nc(=O)n(CCCC(=NC#N)Oc3ccccc3)c(=O)n2Cc2ccc(Cl)cc2)cc1F. The van der Waals surface area contributed by atoms with Crippen LogP contribution in [-0.4, -0.2) is 26.1 Å². The second kappa shape index (κ2) is 14.1. The van der Waals surface area contributed by atoms with Gasteiger partial charge in [-0.3, -0.25) is 4.57 Å². The number of nitriles is 1. The molecule has 42 heavy (non-hydrogen) atoms. The third kappa shape index (κ3) is 8.05. The smallest absolute Gasteiger partial charge is 0.354 e. The quantitative estimate of drug-likeness (QED) is 0.139. The van der Waals surface area contributed by atoms with Crippen LogP contribution in [0, 0.1) is 17.3 Å². The minimum Gasteiger partial charge on any atom is -0.488 e. The van der Waals surface area contributed by atoms with Crippen molar-refractivity contribution >= 4 is 29.1 Å². The Morgan fingerprint density at radius 1 is 1.10 bits per heavy atom. The van der Waals surface area contributed by atoms with Crippen molar-refractivity contribution in [1.82, 2.24) is 14.1 Å². The van der Waals surface area contributed by atoms with Crippen LogP contribution in [0.2, 0.25) is 5.02 Å². The van der Waals surface area contributed by atoms with Gasteiger partial charge < -0.3 is 14.8 Å². The van der Waals surface area contributed by atoms with Crippen LogP contribution in [0.5, 0.6) is 11.5 Å². The van der Waals surface area contributed by atoms with E-state index in [1.54, 1.807) is 74.6 Å². The van der Waals surface area contributed by atoms with E-state index in [1.165, 1.54) is 16.7 Å². The summed E-state index contributed by atoms with van der Waals surface area (Å²) in [6, 6.07) is 19.9. The van der Waals surface area contributed by atoms with Gasteiger partial charge in [-0.25, -0.2) is 18.5 Å². The monoisotopic (exact) mass is 590 g/mol. The third-order valence-electron chi connectivity index (χ3n) is 5.88. The summed E-state index contributed by atoms with van der Waals surface area (Å²) >= 11 is 6.02. The standard InChI is InChI=1S/C30H28ClFN6O4/c1-20(2)41-26-15-14-23(17-25(26)32)35-28-36-29(39)37(30(40)38(28)18-21-10-12-22(31)13-11-21)16-6-9-27(34-19-33)42-24-7-4-3-5-8-24/h3-5,7-8,10-15,17,20H,6,9,16,18H2,1-2H3,(H,35,36,39). The summed E-state index contributed by atoms with van der Waals surface area (Å²) in [5.41, 5.74) is -0.427. The topological polar surface area (TPSA) is 124 Å². The van der Waals surface area contributed by atoms with Gasteiger partial charge in [0, 0.05) is 29.7 Å². The summed E-state index contributed by atoms with van der Waals surface area (Å²) in [7, 11) is 0. The molecular formula is C30H28ClFN6O4. The van der Waals surface area contributed by atoms with E-state index in [-0.39, 0.29) is 55.3 Å². The molecule has 0 unspecified atom stereocenters. The second-order valence-electron chi connectivity index (χ2n) is 9.43. The van der Waals surface area contributed by atoms with Gasteiger partial charge in [0.25, 0.3) is 0 Å². The molecule has 0 saturated carbocycles. The van der Waals surface area contributed by atoms with E-state index >= 15 is 0 Å². The zero-order valence-electron chi connectivity index (χ0n) is 23.0. The van der Waals surface area contributed by atoms with Gasteiger partial charge in [0.15, 0.2) is 11.6 Å². The van der Waals surface area contributed by atoms with E-state index in [0.717, 1.165) is 10.1 Å². The molecule has 216 valence electrons. The first-order chi connectivity index (χ1) is 20.2. The second-order valence-corrected chi connectivity index (χ2v) is 9.86.